The summed E-state index contributed by atoms with van der Waals surface area (Å²) in [6, 6.07) is 9.79. The van der Waals surface area contributed by atoms with E-state index in [1.807, 2.05) is 36.4 Å². The Kier molecular flexibility index (Phi) is 6.58. The minimum Gasteiger partial charge on any atom is -0.547 e. The van der Waals surface area contributed by atoms with E-state index in [-0.39, 0.29) is 17.6 Å². The molecule has 1 aliphatic heterocycles. The second-order valence-corrected chi connectivity index (χ2v) is 16.0. The first kappa shape index (κ1) is 24.8. The summed E-state index contributed by atoms with van der Waals surface area (Å²) in [4.78, 5) is 27.6. The SMILES string of the molecule is CCOC(=O)C12C(=O)OC3=C(CCCC3)C1CC(O[Si](C)(C)C(C)(C)C)=CC2c1ccccc1. The van der Waals surface area contributed by atoms with Gasteiger partial charge in [0.15, 0.2) is 5.41 Å². The number of esters is 2. The highest BCUT2D eigenvalue weighted by atomic mass is 28.4. The van der Waals surface area contributed by atoms with Gasteiger partial charge >= 0.3 is 11.9 Å². The van der Waals surface area contributed by atoms with Crippen molar-refractivity contribution in [1.29, 1.82) is 0 Å². The maximum Gasteiger partial charge on any atom is 0.330 e. The molecule has 0 saturated carbocycles. The van der Waals surface area contributed by atoms with E-state index in [1.54, 1.807) is 6.92 Å². The Hall–Kier alpha value is -2.34. The fourth-order valence-corrected chi connectivity index (χ4v) is 6.51. The first-order chi connectivity index (χ1) is 16.0. The summed E-state index contributed by atoms with van der Waals surface area (Å²) in [6.45, 7) is 13.1. The van der Waals surface area contributed by atoms with Crippen LogP contribution in [0.25, 0.3) is 0 Å². The van der Waals surface area contributed by atoms with E-state index in [0.29, 0.717) is 6.42 Å². The highest BCUT2D eigenvalue weighted by molar-refractivity contribution is 6.74. The van der Waals surface area contributed by atoms with Crippen LogP contribution in [0.3, 0.4) is 0 Å². The first-order valence-corrected chi connectivity index (χ1v) is 15.5. The fourth-order valence-electron chi connectivity index (χ4n) is 5.39. The third-order valence-electron chi connectivity index (χ3n) is 8.19. The van der Waals surface area contributed by atoms with E-state index in [9.17, 15) is 9.59 Å². The molecule has 1 aromatic carbocycles. The fraction of sp³-hybridized carbons (Fsp3) is 0.571. The maximum absolute atomic E-state index is 13.8. The summed E-state index contributed by atoms with van der Waals surface area (Å²) in [5.41, 5.74) is 0.561. The summed E-state index contributed by atoms with van der Waals surface area (Å²) in [6.07, 6.45) is 6.14. The summed E-state index contributed by atoms with van der Waals surface area (Å²) >= 11 is 0. The molecule has 0 bridgehead atoms. The summed E-state index contributed by atoms with van der Waals surface area (Å²) in [5.74, 6) is -0.154. The number of hydrogen-bond acceptors (Lipinski definition) is 5. The highest BCUT2D eigenvalue weighted by Gasteiger charge is 2.65. The minimum absolute atomic E-state index is 0.0342. The second-order valence-electron chi connectivity index (χ2n) is 11.3. The zero-order chi connectivity index (χ0) is 24.7. The molecular weight excluding hydrogens is 444 g/mol. The van der Waals surface area contributed by atoms with E-state index >= 15 is 0 Å². The average Bonchev–Trinajstić information content (AvgIpc) is 2.78. The number of allylic oxidation sites excluding steroid dienone is 4. The molecule has 0 amide bonds. The first-order valence-electron chi connectivity index (χ1n) is 12.6. The van der Waals surface area contributed by atoms with Crippen LogP contribution in [0.4, 0.5) is 0 Å². The van der Waals surface area contributed by atoms with Crippen molar-refractivity contribution in [3.05, 3.63) is 59.1 Å². The number of carbonyl (C=O) groups is 2. The van der Waals surface area contributed by atoms with Gasteiger partial charge in [-0.3, -0.25) is 9.59 Å². The van der Waals surface area contributed by atoms with Crippen molar-refractivity contribution in [3.63, 3.8) is 0 Å². The normalized spacial score (nSPS) is 27.2. The predicted molar refractivity (Wildman–Crippen MR) is 134 cm³/mol. The van der Waals surface area contributed by atoms with Gasteiger partial charge in [-0.1, -0.05) is 51.1 Å². The molecule has 2 aliphatic carbocycles. The molecule has 34 heavy (non-hydrogen) atoms. The third kappa shape index (κ3) is 4.04. The number of hydrogen-bond donors (Lipinski definition) is 0. The van der Waals surface area contributed by atoms with Crippen molar-refractivity contribution in [3.8, 4) is 0 Å². The minimum atomic E-state index is -2.12. The molecule has 1 heterocycles. The average molecular weight is 483 g/mol. The van der Waals surface area contributed by atoms with Gasteiger partial charge in [-0.2, -0.15) is 0 Å². The van der Waals surface area contributed by atoms with Crippen LogP contribution in [0.15, 0.2) is 53.5 Å². The summed E-state index contributed by atoms with van der Waals surface area (Å²) < 4.78 is 18.4. The zero-order valence-corrected chi connectivity index (χ0v) is 22.4. The van der Waals surface area contributed by atoms with Crippen molar-refractivity contribution in [2.45, 2.75) is 83.8 Å². The Morgan fingerprint density at radius 2 is 1.82 bits per heavy atom. The Balaban J connectivity index is 1.93. The lowest BCUT2D eigenvalue weighted by Crippen LogP contribution is -2.56. The lowest BCUT2D eigenvalue weighted by atomic mass is 9.56. The summed E-state index contributed by atoms with van der Waals surface area (Å²) in [7, 11) is -2.12. The van der Waals surface area contributed by atoms with Gasteiger partial charge in [0.25, 0.3) is 0 Å². The molecule has 3 unspecified atom stereocenters. The Labute approximate surface area is 204 Å². The maximum atomic E-state index is 13.8. The molecule has 6 heteroatoms. The van der Waals surface area contributed by atoms with Crippen molar-refractivity contribution < 1.29 is 23.5 Å². The predicted octanol–water partition coefficient (Wildman–Crippen LogP) is 6.63. The number of rotatable bonds is 5. The van der Waals surface area contributed by atoms with E-state index < -0.39 is 31.6 Å². The van der Waals surface area contributed by atoms with Gasteiger partial charge in [0.05, 0.1) is 12.4 Å². The van der Waals surface area contributed by atoms with Crippen molar-refractivity contribution >= 4 is 20.3 Å². The standard InChI is InChI=1S/C28H38O5Si/c1-7-31-25(29)28-22(19-13-9-8-10-14-19)17-20(33-34(5,6)27(2,3)4)18-23(28)21-15-11-12-16-24(21)32-26(28)30/h8-10,13-14,17,22-23H,7,11-12,15-16,18H2,1-6H3. The molecule has 3 atom stereocenters. The molecule has 3 aliphatic rings. The third-order valence-corrected chi connectivity index (χ3v) is 12.6. The number of fused-ring (bicyclic) bond motifs is 2. The van der Waals surface area contributed by atoms with Crippen LogP contribution in [0.2, 0.25) is 18.1 Å². The topological polar surface area (TPSA) is 61.8 Å². The van der Waals surface area contributed by atoms with Crippen molar-refractivity contribution in [1.82, 2.24) is 0 Å². The largest absolute Gasteiger partial charge is 0.547 e. The van der Waals surface area contributed by atoms with Gasteiger partial charge in [-0.05, 0) is 61.5 Å². The van der Waals surface area contributed by atoms with Gasteiger partial charge in [-0.25, -0.2) is 0 Å². The Bertz CT molecular complexity index is 1020. The summed E-state index contributed by atoms with van der Waals surface area (Å²) in [5, 5.41) is 0.0342. The van der Waals surface area contributed by atoms with Crippen LogP contribution in [-0.2, 0) is 23.5 Å². The molecule has 5 nitrogen and oxygen atoms in total. The number of benzene rings is 1. The van der Waals surface area contributed by atoms with E-state index in [2.05, 4.69) is 33.9 Å². The monoisotopic (exact) mass is 482 g/mol. The van der Waals surface area contributed by atoms with Crippen LogP contribution >= 0.6 is 0 Å². The molecule has 0 radical (unpaired) electrons. The molecule has 0 fully saturated rings. The highest BCUT2D eigenvalue weighted by Crippen LogP contribution is 2.59. The van der Waals surface area contributed by atoms with Gasteiger partial charge in [0.2, 0.25) is 8.32 Å². The number of ether oxygens (including phenoxy) is 2. The van der Waals surface area contributed by atoms with E-state index in [4.69, 9.17) is 13.9 Å². The van der Waals surface area contributed by atoms with Crippen LogP contribution in [0.1, 0.15) is 71.3 Å². The molecule has 0 aromatic heterocycles. The van der Waals surface area contributed by atoms with Gasteiger partial charge in [0, 0.05) is 24.7 Å². The van der Waals surface area contributed by atoms with Crippen LogP contribution in [0.5, 0.6) is 0 Å². The van der Waals surface area contributed by atoms with Crippen LogP contribution < -0.4 is 0 Å². The molecule has 0 saturated heterocycles. The quantitative estimate of drug-likeness (QED) is 0.268. The van der Waals surface area contributed by atoms with E-state index in [0.717, 1.165) is 48.3 Å². The van der Waals surface area contributed by atoms with Gasteiger partial charge in [0.1, 0.15) is 5.76 Å². The second kappa shape index (κ2) is 9.03. The van der Waals surface area contributed by atoms with Crippen molar-refractivity contribution in [2.24, 2.45) is 11.3 Å². The van der Waals surface area contributed by atoms with Gasteiger partial charge in [-0.15, -0.1) is 0 Å². The molecular formula is C28H38O5Si. The van der Waals surface area contributed by atoms with Crippen molar-refractivity contribution in [2.75, 3.05) is 6.61 Å². The van der Waals surface area contributed by atoms with Crippen LogP contribution in [-0.4, -0.2) is 26.9 Å². The lowest BCUT2D eigenvalue weighted by molar-refractivity contribution is -0.179. The number of carbonyl (C=O) groups excluding carboxylic acids is 2. The molecule has 0 N–H and O–H groups in total. The molecule has 1 aromatic rings. The molecule has 4 rings (SSSR count). The van der Waals surface area contributed by atoms with Gasteiger partial charge < -0.3 is 13.9 Å². The zero-order valence-electron chi connectivity index (χ0n) is 21.4. The van der Waals surface area contributed by atoms with Crippen LogP contribution in [0, 0.1) is 11.3 Å². The Morgan fingerprint density at radius 3 is 2.47 bits per heavy atom. The molecule has 0 spiro atoms. The lowest BCUT2D eigenvalue weighted by Gasteiger charge is -2.50. The smallest absolute Gasteiger partial charge is 0.330 e. The van der Waals surface area contributed by atoms with E-state index in [1.165, 1.54) is 0 Å². The Morgan fingerprint density at radius 1 is 1.15 bits per heavy atom. The molecule has 184 valence electrons.